The highest BCUT2D eigenvalue weighted by Gasteiger charge is 2.27. The Kier molecular flexibility index (Phi) is 4.50. The second-order valence-electron chi connectivity index (χ2n) is 6.08. The van der Waals surface area contributed by atoms with Gasteiger partial charge in [-0.25, -0.2) is 4.79 Å². The number of carbonyl (C=O) groups excluding carboxylic acids is 1. The summed E-state index contributed by atoms with van der Waals surface area (Å²) in [5.74, 6) is 0.821. The highest BCUT2D eigenvalue weighted by atomic mass is 16.6. The third kappa shape index (κ3) is 4.77. The number of hydrogen-bond donors (Lipinski definition) is 1. The Balaban J connectivity index is 1.80. The Morgan fingerprint density at radius 2 is 1.95 bits per heavy atom. The van der Waals surface area contributed by atoms with Crippen molar-refractivity contribution < 1.29 is 14.3 Å². The fourth-order valence-corrected chi connectivity index (χ4v) is 2.05. The Morgan fingerprint density at radius 1 is 1.29 bits per heavy atom. The van der Waals surface area contributed by atoms with Crippen LogP contribution in [0.25, 0.3) is 0 Å². The van der Waals surface area contributed by atoms with E-state index in [0.717, 1.165) is 12.8 Å². The van der Waals surface area contributed by atoms with E-state index in [1.165, 1.54) is 0 Å². The predicted octanol–water partition coefficient (Wildman–Crippen LogP) is 1.84. The van der Waals surface area contributed by atoms with Crippen LogP contribution in [-0.2, 0) is 4.74 Å². The molecule has 1 fully saturated rings. The van der Waals surface area contributed by atoms with Gasteiger partial charge in [-0.15, -0.1) is 10.2 Å². The topological polar surface area (TPSA) is 90.6 Å². The van der Waals surface area contributed by atoms with E-state index in [2.05, 4.69) is 10.2 Å². The second kappa shape index (κ2) is 6.15. The van der Waals surface area contributed by atoms with Crippen LogP contribution < -0.4 is 10.5 Å². The zero-order valence-electron chi connectivity index (χ0n) is 12.7. The van der Waals surface area contributed by atoms with Gasteiger partial charge in [0.1, 0.15) is 17.5 Å². The normalized spacial score (nSPS) is 16.6. The maximum atomic E-state index is 11.9. The summed E-state index contributed by atoms with van der Waals surface area (Å²) >= 11 is 0. The third-order valence-corrected chi connectivity index (χ3v) is 3.04. The molecular formula is C14H22N4O3. The van der Waals surface area contributed by atoms with Crippen molar-refractivity contribution in [3.8, 4) is 5.88 Å². The molecule has 7 heteroatoms. The molecule has 0 spiro atoms. The van der Waals surface area contributed by atoms with Gasteiger partial charge in [-0.05, 0) is 26.8 Å². The van der Waals surface area contributed by atoms with Gasteiger partial charge in [-0.2, -0.15) is 0 Å². The summed E-state index contributed by atoms with van der Waals surface area (Å²) in [5, 5.41) is 7.62. The first-order chi connectivity index (χ1) is 9.83. The molecule has 0 aromatic carbocycles. The lowest BCUT2D eigenvalue weighted by molar-refractivity contribution is 0.0122. The van der Waals surface area contributed by atoms with Gasteiger partial charge in [0.2, 0.25) is 5.88 Å². The van der Waals surface area contributed by atoms with Crippen LogP contribution in [0, 0.1) is 0 Å². The Bertz CT molecular complexity index is 476. The average molecular weight is 294 g/mol. The molecule has 0 radical (unpaired) electrons. The molecule has 2 rings (SSSR count). The SMILES string of the molecule is CC(C)(C)OC(=O)N1CCC(Oc2ccc(N)nn2)CC1. The molecule has 116 valence electrons. The summed E-state index contributed by atoms with van der Waals surface area (Å²) in [4.78, 5) is 13.7. The summed E-state index contributed by atoms with van der Waals surface area (Å²) in [7, 11) is 0. The molecular weight excluding hydrogens is 272 g/mol. The summed E-state index contributed by atoms with van der Waals surface area (Å²) in [5.41, 5.74) is 5.01. The molecule has 0 unspecified atom stereocenters. The van der Waals surface area contributed by atoms with Gasteiger partial charge in [0.05, 0.1) is 0 Å². The van der Waals surface area contributed by atoms with E-state index in [9.17, 15) is 4.79 Å². The first-order valence-corrected chi connectivity index (χ1v) is 7.07. The molecule has 0 bridgehead atoms. The van der Waals surface area contributed by atoms with Gasteiger partial charge in [-0.3, -0.25) is 0 Å². The molecule has 21 heavy (non-hydrogen) atoms. The van der Waals surface area contributed by atoms with E-state index in [0.29, 0.717) is 24.8 Å². The van der Waals surface area contributed by atoms with E-state index in [-0.39, 0.29) is 12.2 Å². The van der Waals surface area contributed by atoms with Crippen molar-refractivity contribution in [2.24, 2.45) is 0 Å². The Labute approximate surface area is 124 Å². The quantitative estimate of drug-likeness (QED) is 0.895. The zero-order chi connectivity index (χ0) is 15.5. The fourth-order valence-electron chi connectivity index (χ4n) is 2.05. The number of nitrogen functional groups attached to an aromatic ring is 1. The van der Waals surface area contributed by atoms with Crippen molar-refractivity contribution in [3.05, 3.63) is 12.1 Å². The molecule has 0 atom stereocenters. The van der Waals surface area contributed by atoms with Gasteiger partial charge in [-0.1, -0.05) is 0 Å². The maximum Gasteiger partial charge on any atom is 0.410 e. The highest BCUT2D eigenvalue weighted by Crippen LogP contribution is 2.19. The lowest BCUT2D eigenvalue weighted by Crippen LogP contribution is -2.44. The van der Waals surface area contributed by atoms with Crippen molar-refractivity contribution in [1.29, 1.82) is 0 Å². The van der Waals surface area contributed by atoms with Crippen LogP contribution in [0.4, 0.5) is 10.6 Å². The molecule has 7 nitrogen and oxygen atoms in total. The number of nitrogens with two attached hydrogens (primary N) is 1. The number of carbonyl (C=O) groups is 1. The van der Waals surface area contributed by atoms with Crippen LogP contribution in [0.3, 0.4) is 0 Å². The number of nitrogens with zero attached hydrogens (tertiary/aromatic N) is 3. The van der Waals surface area contributed by atoms with Crippen LogP contribution in [-0.4, -0.2) is 46.0 Å². The summed E-state index contributed by atoms with van der Waals surface area (Å²) in [6, 6.07) is 3.35. The lowest BCUT2D eigenvalue weighted by atomic mass is 10.1. The number of amides is 1. The molecule has 0 aliphatic carbocycles. The van der Waals surface area contributed by atoms with Gasteiger partial charge in [0, 0.05) is 32.0 Å². The summed E-state index contributed by atoms with van der Waals surface area (Å²) < 4.78 is 11.1. The smallest absolute Gasteiger partial charge is 0.410 e. The number of aromatic nitrogens is 2. The van der Waals surface area contributed by atoms with Gasteiger partial charge in [0.25, 0.3) is 0 Å². The minimum absolute atomic E-state index is 0.0293. The third-order valence-electron chi connectivity index (χ3n) is 3.04. The zero-order valence-corrected chi connectivity index (χ0v) is 12.7. The molecule has 0 saturated carbocycles. The van der Waals surface area contributed by atoms with Crippen LogP contribution in [0.1, 0.15) is 33.6 Å². The van der Waals surface area contributed by atoms with E-state index in [1.54, 1.807) is 17.0 Å². The van der Waals surface area contributed by atoms with E-state index < -0.39 is 5.60 Å². The molecule has 1 aromatic rings. The van der Waals surface area contributed by atoms with Gasteiger partial charge >= 0.3 is 6.09 Å². The molecule has 1 amide bonds. The second-order valence-corrected chi connectivity index (χ2v) is 6.08. The number of piperidine rings is 1. The van der Waals surface area contributed by atoms with E-state index >= 15 is 0 Å². The van der Waals surface area contributed by atoms with Crippen molar-refractivity contribution in [3.63, 3.8) is 0 Å². The largest absolute Gasteiger partial charge is 0.473 e. The van der Waals surface area contributed by atoms with Crippen LogP contribution >= 0.6 is 0 Å². The summed E-state index contributed by atoms with van der Waals surface area (Å²) in [6.07, 6.45) is 1.24. The van der Waals surface area contributed by atoms with E-state index in [1.807, 2.05) is 20.8 Å². The Hall–Kier alpha value is -2.05. The van der Waals surface area contributed by atoms with Gasteiger partial charge in [0.15, 0.2) is 0 Å². The predicted molar refractivity (Wildman–Crippen MR) is 77.9 cm³/mol. The van der Waals surface area contributed by atoms with Crippen molar-refractivity contribution in [1.82, 2.24) is 15.1 Å². The lowest BCUT2D eigenvalue weighted by Gasteiger charge is -2.33. The number of anilines is 1. The van der Waals surface area contributed by atoms with E-state index in [4.69, 9.17) is 15.2 Å². The molecule has 2 N–H and O–H groups in total. The highest BCUT2D eigenvalue weighted by molar-refractivity contribution is 5.68. The molecule has 1 aliphatic rings. The number of likely N-dealkylation sites (tertiary alicyclic amines) is 1. The standard InChI is InChI=1S/C14H22N4O3/c1-14(2,3)21-13(19)18-8-6-10(7-9-18)20-12-5-4-11(15)16-17-12/h4-5,10H,6-9H2,1-3H3,(H2,15,16). The fraction of sp³-hybridized carbons (Fsp3) is 0.643. The minimum Gasteiger partial charge on any atom is -0.473 e. The number of hydrogen-bond acceptors (Lipinski definition) is 6. The first-order valence-electron chi connectivity index (χ1n) is 7.07. The van der Waals surface area contributed by atoms with Gasteiger partial charge < -0.3 is 20.1 Å². The molecule has 2 heterocycles. The minimum atomic E-state index is -0.468. The number of rotatable bonds is 2. The first kappa shape index (κ1) is 15.3. The van der Waals surface area contributed by atoms with Crippen molar-refractivity contribution >= 4 is 11.9 Å². The molecule has 1 aromatic heterocycles. The monoisotopic (exact) mass is 294 g/mol. The average Bonchev–Trinajstić information content (AvgIpc) is 2.40. The maximum absolute atomic E-state index is 11.9. The molecule has 1 saturated heterocycles. The van der Waals surface area contributed by atoms with Crippen molar-refractivity contribution in [2.75, 3.05) is 18.8 Å². The van der Waals surface area contributed by atoms with Crippen LogP contribution in [0.15, 0.2) is 12.1 Å². The summed E-state index contributed by atoms with van der Waals surface area (Å²) in [6.45, 7) is 6.81. The van der Waals surface area contributed by atoms with Crippen LogP contribution in [0.5, 0.6) is 5.88 Å². The van der Waals surface area contributed by atoms with Crippen LogP contribution in [0.2, 0.25) is 0 Å². The molecule has 1 aliphatic heterocycles. The number of ether oxygens (including phenoxy) is 2. The Morgan fingerprint density at radius 3 is 2.48 bits per heavy atom. The van der Waals surface area contributed by atoms with Crippen molar-refractivity contribution in [2.45, 2.75) is 45.3 Å².